The highest BCUT2D eigenvalue weighted by molar-refractivity contribution is 5.83. The Bertz CT molecular complexity index is 412. The zero-order valence-electron chi connectivity index (χ0n) is 14.6. The van der Waals surface area contributed by atoms with Crippen LogP contribution in [0.15, 0.2) is 0 Å². The third-order valence-corrected chi connectivity index (χ3v) is 3.95. The van der Waals surface area contributed by atoms with Crippen LogP contribution in [0.5, 0.6) is 0 Å². The SMILES string of the molecule is C[13C](=O)CC[15NH][13C](=O)CCN[13C](=O)[13CH]1[13CH2][13CH2][13CH2]N1CCN(C)C. The molecule has 0 aromatic carbocycles. The smallest absolute Gasteiger partial charge is 0.237 e. The number of likely N-dealkylation sites (N-methyl/N-ethyl adjacent to an activating group) is 1. The average molecular weight is 334 g/mol. The van der Waals surface area contributed by atoms with Crippen LogP contribution < -0.4 is 10.6 Å². The van der Waals surface area contributed by atoms with Crippen molar-refractivity contribution in [2.24, 2.45) is 0 Å². The molecule has 1 unspecified atom stereocenters. The molecule has 1 fully saturated rings. The van der Waals surface area contributed by atoms with Gasteiger partial charge in [-0.3, -0.25) is 19.3 Å². The molecule has 1 saturated heterocycles. The molecule has 0 spiro atoms. The van der Waals surface area contributed by atoms with Crippen LogP contribution in [-0.4, -0.2) is 80.3 Å². The zero-order valence-corrected chi connectivity index (χ0v) is 14.6. The highest BCUT2D eigenvalue weighted by Crippen LogP contribution is 2.16. The molecular formula is C16H30N4O3. The largest absolute Gasteiger partial charge is 0.356 e. The second-order valence-electron chi connectivity index (χ2n) is 6.34. The Morgan fingerprint density at radius 1 is 1.13 bits per heavy atom. The lowest BCUT2D eigenvalue weighted by Gasteiger charge is -2.25. The van der Waals surface area contributed by atoms with Crippen LogP contribution in [0.3, 0.4) is 0 Å². The van der Waals surface area contributed by atoms with E-state index < -0.39 is 0 Å². The van der Waals surface area contributed by atoms with Crippen LogP contribution in [0.25, 0.3) is 0 Å². The van der Waals surface area contributed by atoms with Crippen LogP contribution in [0.2, 0.25) is 0 Å². The fourth-order valence-electron chi connectivity index (χ4n) is 2.60. The molecule has 0 aromatic heterocycles. The minimum atomic E-state index is -0.137. The summed E-state index contributed by atoms with van der Waals surface area (Å²) in [6, 6.07) is -0.0734. The first-order chi connectivity index (χ1) is 10.9. The molecule has 1 aliphatic heterocycles. The number of ketones is 1. The van der Waals surface area contributed by atoms with E-state index in [9.17, 15) is 14.4 Å². The maximum Gasteiger partial charge on any atom is 0.237 e. The zero-order chi connectivity index (χ0) is 17.2. The van der Waals surface area contributed by atoms with Gasteiger partial charge in [0.1, 0.15) is 5.78 Å². The van der Waals surface area contributed by atoms with E-state index in [1.165, 1.54) is 6.92 Å². The Kier molecular flexibility index (Phi) is 8.79. The van der Waals surface area contributed by atoms with Crippen LogP contribution in [0, 0.1) is 0 Å². The van der Waals surface area contributed by atoms with Crippen molar-refractivity contribution in [1.29, 1.82) is 0 Å². The summed E-state index contributed by atoms with van der Waals surface area (Å²) in [6.45, 7) is 4.97. The third-order valence-electron chi connectivity index (χ3n) is 3.95. The van der Waals surface area contributed by atoms with Crippen molar-refractivity contribution in [3.05, 3.63) is 0 Å². The number of hydrogen-bond acceptors (Lipinski definition) is 5. The highest BCUT2D eigenvalue weighted by Gasteiger charge is 2.30. The second kappa shape index (κ2) is 10.3. The molecule has 7 heteroatoms. The molecule has 0 aromatic rings. The van der Waals surface area contributed by atoms with E-state index in [0.717, 1.165) is 32.5 Å². The summed E-state index contributed by atoms with van der Waals surface area (Å²) in [4.78, 5) is 38.9. The van der Waals surface area contributed by atoms with Crippen LogP contribution >= 0.6 is 0 Å². The average Bonchev–Trinajstić information content (AvgIpc) is 2.93. The van der Waals surface area contributed by atoms with Gasteiger partial charge in [-0.05, 0) is 40.4 Å². The van der Waals surface area contributed by atoms with Gasteiger partial charge in [0, 0.05) is 39.0 Å². The molecule has 1 atom stereocenters. The van der Waals surface area contributed by atoms with E-state index in [1.54, 1.807) is 0 Å². The number of hydrogen-bond donors (Lipinski definition) is 2. The number of nitrogens with one attached hydrogen (secondary N) is 2. The number of nitrogens with zero attached hydrogens (tertiary/aromatic N) is 2. The monoisotopic (exact) mass is 334 g/mol. The topological polar surface area (TPSA) is 81.8 Å². The predicted octanol–water partition coefficient (Wildman–Crippen LogP) is -0.386. The number of carbonyl (C=O) groups is 3. The van der Waals surface area contributed by atoms with Crippen LogP contribution in [0.1, 0.15) is 32.6 Å². The van der Waals surface area contributed by atoms with Gasteiger partial charge in [-0.25, -0.2) is 0 Å². The summed E-state index contributed by atoms with van der Waals surface area (Å²) < 4.78 is 0. The van der Waals surface area contributed by atoms with Gasteiger partial charge < -0.3 is 15.5 Å². The van der Waals surface area contributed by atoms with Crippen molar-refractivity contribution in [2.75, 3.05) is 46.8 Å². The Labute approximate surface area is 138 Å². The van der Waals surface area contributed by atoms with Crippen LogP contribution in [-0.2, 0) is 14.4 Å². The van der Waals surface area contributed by atoms with Crippen LogP contribution in [0.4, 0.5) is 0 Å². The molecule has 0 radical (unpaired) electrons. The highest BCUT2D eigenvalue weighted by atomic mass is 16.3. The summed E-state index contributed by atoms with van der Waals surface area (Å²) in [5, 5.41) is 5.52. The van der Waals surface area contributed by atoms with Crippen molar-refractivity contribution < 1.29 is 14.4 Å². The Hall–Kier alpha value is -1.47. The summed E-state index contributed by atoms with van der Waals surface area (Å²) in [7, 11) is 4.05. The third kappa shape index (κ3) is 8.08. The molecule has 7 nitrogen and oxygen atoms in total. The number of carbonyl (C=O) groups excluding carboxylic acids is 3. The molecule has 0 aliphatic carbocycles. The Morgan fingerprint density at radius 2 is 1.83 bits per heavy atom. The fourth-order valence-corrected chi connectivity index (χ4v) is 2.60. The van der Waals surface area contributed by atoms with E-state index in [4.69, 9.17) is 0 Å². The van der Waals surface area contributed by atoms with Gasteiger partial charge in [0.05, 0.1) is 6.04 Å². The van der Waals surface area contributed by atoms with E-state index in [0.29, 0.717) is 19.5 Å². The standard InChI is InChI=1S/C16H30N4O3/c1-13(21)6-8-17-15(22)7-9-18-16(23)14-5-4-10-20(14)12-11-19(2)3/h14H,4-12H2,1-3H3,(H,17,22)(H,18,23)/i4+1,5+1,10+1,13+1,14+1,15+1,16+1,17+1. The first-order valence-corrected chi connectivity index (χ1v) is 8.32. The number of likely N-dealkylation sites (tertiary alicyclic amines) is 1. The van der Waals surface area contributed by atoms with E-state index in [-0.39, 0.29) is 30.1 Å². The minimum absolute atomic E-state index is 0.0118. The van der Waals surface area contributed by atoms with Crippen molar-refractivity contribution in [3.8, 4) is 0 Å². The van der Waals surface area contributed by atoms with Gasteiger partial charge in [-0.2, -0.15) is 0 Å². The molecule has 0 saturated carbocycles. The fraction of sp³-hybridized carbons (Fsp3) is 0.812. The summed E-state index contributed by atoms with van der Waals surface area (Å²) in [6.07, 6.45) is 2.51. The first-order valence-electron chi connectivity index (χ1n) is 8.32. The number of rotatable bonds is 10. The molecule has 2 N–H and O–H groups in total. The summed E-state index contributed by atoms with van der Waals surface area (Å²) in [5.74, 6) is -0.0714. The molecule has 23 heavy (non-hydrogen) atoms. The van der Waals surface area contributed by atoms with Crippen molar-refractivity contribution in [2.45, 2.75) is 38.6 Å². The van der Waals surface area contributed by atoms with Gasteiger partial charge >= 0.3 is 0 Å². The molecule has 2 amide bonds. The molecule has 1 rings (SSSR count). The lowest BCUT2D eigenvalue weighted by atomic mass is 10.5. The predicted molar refractivity (Wildman–Crippen MR) is 89.1 cm³/mol. The van der Waals surface area contributed by atoms with Crippen molar-refractivity contribution >= 4 is 17.6 Å². The van der Waals surface area contributed by atoms with Crippen molar-refractivity contribution in [1.82, 2.24) is 20.4 Å². The molecule has 132 valence electrons. The van der Waals surface area contributed by atoms with E-state index in [2.05, 4.69) is 20.4 Å². The lowest BCUT2D eigenvalue weighted by molar-refractivity contribution is -0.125. The van der Waals surface area contributed by atoms with Gasteiger partial charge in [0.25, 0.3) is 0 Å². The van der Waals surface area contributed by atoms with Crippen molar-refractivity contribution in [3.63, 3.8) is 0 Å². The van der Waals surface area contributed by atoms with Gasteiger partial charge in [0.2, 0.25) is 11.8 Å². The maximum atomic E-state index is 12.2. The Balaban J connectivity index is 2.22. The summed E-state index contributed by atoms with van der Waals surface area (Å²) >= 11 is 0. The van der Waals surface area contributed by atoms with E-state index in [1.807, 2.05) is 14.1 Å². The lowest BCUT2D eigenvalue weighted by Crippen LogP contribution is -2.46. The van der Waals surface area contributed by atoms with E-state index >= 15 is 0 Å². The maximum absolute atomic E-state index is 12.2. The Morgan fingerprint density at radius 3 is 2.48 bits per heavy atom. The van der Waals surface area contributed by atoms with Gasteiger partial charge in [-0.15, -0.1) is 0 Å². The van der Waals surface area contributed by atoms with Gasteiger partial charge in [0.15, 0.2) is 0 Å². The number of Topliss-reactive ketones (excluding diaryl/α,β-unsaturated/α-hetero) is 1. The number of amides is 2. The van der Waals surface area contributed by atoms with Gasteiger partial charge in [-0.1, -0.05) is 0 Å². The quantitative estimate of drug-likeness (QED) is 0.420. The molecule has 0 bridgehead atoms. The first kappa shape index (κ1) is 19.6. The second-order valence-corrected chi connectivity index (χ2v) is 6.34. The molecule has 1 aliphatic rings. The molecule has 1 heterocycles. The normalized spacial score (nSPS) is 18.2. The molecular weight excluding hydrogens is 304 g/mol. The minimum Gasteiger partial charge on any atom is -0.356 e. The summed E-state index contributed by atoms with van der Waals surface area (Å²) in [5.41, 5.74) is 0.